The molecule has 2 aromatic rings. The Kier molecular flexibility index (Phi) is 5.65. The molecular weight excluding hydrogens is 339 g/mol. The number of nitrogens with zero attached hydrogens (tertiary/aromatic N) is 3. The lowest BCUT2D eigenvalue weighted by Gasteiger charge is -2.36. The first-order valence-corrected chi connectivity index (χ1v) is 9.22. The Bertz CT molecular complexity index is 750. The number of amides is 1. The van der Waals surface area contributed by atoms with Crippen molar-refractivity contribution in [3.63, 3.8) is 0 Å². The third-order valence-electron chi connectivity index (χ3n) is 4.08. The van der Waals surface area contributed by atoms with E-state index in [2.05, 4.69) is 15.3 Å². The highest BCUT2D eigenvalue weighted by molar-refractivity contribution is 7.99. The van der Waals surface area contributed by atoms with Crippen molar-refractivity contribution in [2.24, 2.45) is 0 Å². The summed E-state index contributed by atoms with van der Waals surface area (Å²) in [5.74, 6) is 0.00587. The summed E-state index contributed by atoms with van der Waals surface area (Å²) in [6.45, 7) is 5.80. The largest absolute Gasteiger partial charge is 0.332 e. The fraction of sp³-hybridized carbons (Fsp3) is 0.389. The van der Waals surface area contributed by atoms with Crippen molar-refractivity contribution < 1.29 is 9.18 Å². The molecule has 3 rings (SSSR count). The lowest BCUT2D eigenvalue weighted by molar-refractivity contribution is -0.131. The number of piperazine rings is 1. The van der Waals surface area contributed by atoms with Gasteiger partial charge >= 0.3 is 0 Å². The van der Waals surface area contributed by atoms with Crippen LogP contribution in [0.1, 0.15) is 23.0 Å². The van der Waals surface area contributed by atoms with E-state index in [1.807, 2.05) is 30.9 Å². The number of carbonyl (C=O) groups excluding carboxylic acids is 1. The molecule has 1 saturated heterocycles. The Labute approximate surface area is 151 Å². The van der Waals surface area contributed by atoms with Crippen molar-refractivity contribution in [2.45, 2.75) is 25.0 Å². The van der Waals surface area contributed by atoms with Crippen LogP contribution in [0.4, 0.5) is 4.39 Å². The van der Waals surface area contributed by atoms with Crippen LogP contribution in [0.2, 0.25) is 0 Å². The fourth-order valence-corrected chi connectivity index (χ4v) is 3.82. The number of carbonyl (C=O) groups is 1. The van der Waals surface area contributed by atoms with Gasteiger partial charge in [0.25, 0.3) is 0 Å². The standard InChI is InChI=1S/C18H21FN4OS/c1-12-8-13(2)22-18(21-12)25-11-17(24)23-7-6-20-10-16(23)14-4-3-5-15(19)9-14/h3-5,8-9,16,20H,6-7,10-11H2,1-2H3. The smallest absolute Gasteiger partial charge is 0.233 e. The van der Waals surface area contributed by atoms with Crippen LogP contribution >= 0.6 is 11.8 Å². The van der Waals surface area contributed by atoms with Gasteiger partial charge in [0.1, 0.15) is 5.82 Å². The number of hydrogen-bond acceptors (Lipinski definition) is 5. The van der Waals surface area contributed by atoms with Crippen LogP contribution in [0.25, 0.3) is 0 Å². The SMILES string of the molecule is Cc1cc(C)nc(SCC(=O)N2CCNCC2c2cccc(F)c2)n1. The van der Waals surface area contributed by atoms with E-state index in [0.717, 1.165) is 23.5 Å². The summed E-state index contributed by atoms with van der Waals surface area (Å²) in [5, 5.41) is 3.89. The maximum Gasteiger partial charge on any atom is 0.233 e. The van der Waals surface area contributed by atoms with Crippen LogP contribution in [0.5, 0.6) is 0 Å². The molecule has 0 aliphatic carbocycles. The summed E-state index contributed by atoms with van der Waals surface area (Å²) in [6, 6.07) is 8.21. The van der Waals surface area contributed by atoms with Crippen LogP contribution in [0.3, 0.4) is 0 Å². The molecule has 1 N–H and O–H groups in total. The second-order valence-corrected chi connectivity index (χ2v) is 7.03. The monoisotopic (exact) mass is 360 g/mol. The molecule has 1 unspecified atom stereocenters. The molecule has 1 aromatic carbocycles. The van der Waals surface area contributed by atoms with Gasteiger partial charge in [-0.05, 0) is 37.6 Å². The van der Waals surface area contributed by atoms with E-state index < -0.39 is 0 Å². The molecule has 1 aromatic heterocycles. The maximum atomic E-state index is 13.6. The number of benzene rings is 1. The zero-order chi connectivity index (χ0) is 17.8. The van der Waals surface area contributed by atoms with Crippen LogP contribution in [-0.4, -0.2) is 46.2 Å². The first-order valence-electron chi connectivity index (χ1n) is 8.23. The van der Waals surface area contributed by atoms with Gasteiger partial charge in [0.05, 0.1) is 11.8 Å². The molecular formula is C18H21FN4OS. The molecule has 132 valence electrons. The number of nitrogens with one attached hydrogen (secondary N) is 1. The Hall–Kier alpha value is -1.99. The zero-order valence-corrected chi connectivity index (χ0v) is 15.1. The molecule has 2 heterocycles. The van der Waals surface area contributed by atoms with E-state index in [4.69, 9.17) is 0 Å². The Balaban J connectivity index is 1.70. The van der Waals surface area contributed by atoms with Crippen molar-refractivity contribution in [3.05, 3.63) is 53.1 Å². The summed E-state index contributed by atoms with van der Waals surface area (Å²) in [7, 11) is 0. The van der Waals surface area contributed by atoms with Gasteiger partial charge in [-0.1, -0.05) is 23.9 Å². The zero-order valence-electron chi connectivity index (χ0n) is 14.3. The molecule has 1 aliphatic rings. The number of aryl methyl sites for hydroxylation is 2. The lowest BCUT2D eigenvalue weighted by Crippen LogP contribution is -2.49. The minimum absolute atomic E-state index is 0.0171. The van der Waals surface area contributed by atoms with Crippen LogP contribution in [0, 0.1) is 19.7 Å². The molecule has 1 amide bonds. The van der Waals surface area contributed by atoms with Gasteiger partial charge in [0.15, 0.2) is 5.16 Å². The molecule has 1 fully saturated rings. The molecule has 5 nitrogen and oxygen atoms in total. The molecule has 25 heavy (non-hydrogen) atoms. The van der Waals surface area contributed by atoms with Gasteiger partial charge in [0, 0.05) is 31.0 Å². The third-order valence-corrected chi connectivity index (χ3v) is 4.92. The van der Waals surface area contributed by atoms with Gasteiger partial charge in [-0.3, -0.25) is 4.79 Å². The predicted octanol–water partition coefficient (Wildman–Crippen LogP) is 2.50. The summed E-state index contributed by atoms with van der Waals surface area (Å²) in [4.78, 5) is 23.3. The van der Waals surface area contributed by atoms with E-state index in [1.54, 1.807) is 6.07 Å². The Morgan fingerprint density at radius 2 is 2.08 bits per heavy atom. The number of hydrogen-bond donors (Lipinski definition) is 1. The third kappa shape index (κ3) is 4.55. The molecule has 0 saturated carbocycles. The number of thioether (sulfide) groups is 1. The average molecular weight is 360 g/mol. The minimum Gasteiger partial charge on any atom is -0.332 e. The molecule has 0 bridgehead atoms. The van der Waals surface area contributed by atoms with E-state index >= 15 is 0 Å². The molecule has 7 heteroatoms. The van der Waals surface area contributed by atoms with Crippen molar-refractivity contribution in [1.82, 2.24) is 20.2 Å². The molecule has 0 spiro atoms. The topological polar surface area (TPSA) is 58.1 Å². The summed E-state index contributed by atoms with van der Waals surface area (Å²) < 4.78 is 13.6. The van der Waals surface area contributed by atoms with Crippen LogP contribution < -0.4 is 5.32 Å². The quantitative estimate of drug-likeness (QED) is 0.671. The predicted molar refractivity (Wildman–Crippen MR) is 96.0 cm³/mol. The Morgan fingerprint density at radius 3 is 2.80 bits per heavy atom. The van der Waals surface area contributed by atoms with Gasteiger partial charge < -0.3 is 10.2 Å². The Morgan fingerprint density at radius 1 is 1.32 bits per heavy atom. The molecule has 0 radical (unpaired) electrons. The van der Waals surface area contributed by atoms with E-state index in [-0.39, 0.29) is 23.5 Å². The van der Waals surface area contributed by atoms with Crippen molar-refractivity contribution in [3.8, 4) is 0 Å². The van der Waals surface area contributed by atoms with Crippen LogP contribution in [0.15, 0.2) is 35.5 Å². The number of rotatable bonds is 4. The lowest BCUT2D eigenvalue weighted by atomic mass is 10.0. The van der Waals surface area contributed by atoms with Crippen LogP contribution in [-0.2, 0) is 4.79 Å². The minimum atomic E-state index is -0.284. The summed E-state index contributed by atoms with van der Waals surface area (Å²) in [6.07, 6.45) is 0. The highest BCUT2D eigenvalue weighted by Crippen LogP contribution is 2.24. The maximum absolute atomic E-state index is 13.6. The van der Waals surface area contributed by atoms with E-state index in [1.165, 1.54) is 23.9 Å². The van der Waals surface area contributed by atoms with E-state index in [0.29, 0.717) is 18.2 Å². The first-order chi connectivity index (χ1) is 12.0. The average Bonchev–Trinajstić information content (AvgIpc) is 2.59. The fourth-order valence-electron chi connectivity index (χ4n) is 2.98. The van der Waals surface area contributed by atoms with E-state index in [9.17, 15) is 9.18 Å². The number of aromatic nitrogens is 2. The van der Waals surface area contributed by atoms with Gasteiger partial charge in [0.2, 0.25) is 5.91 Å². The second kappa shape index (κ2) is 7.93. The van der Waals surface area contributed by atoms with Crippen molar-refractivity contribution >= 4 is 17.7 Å². The van der Waals surface area contributed by atoms with Gasteiger partial charge in [-0.15, -0.1) is 0 Å². The van der Waals surface area contributed by atoms with Crippen molar-refractivity contribution in [1.29, 1.82) is 0 Å². The number of halogens is 1. The van der Waals surface area contributed by atoms with Crippen molar-refractivity contribution in [2.75, 3.05) is 25.4 Å². The normalized spacial score (nSPS) is 17.6. The first kappa shape index (κ1) is 17.8. The molecule has 1 aliphatic heterocycles. The highest BCUT2D eigenvalue weighted by Gasteiger charge is 2.28. The summed E-state index contributed by atoms with van der Waals surface area (Å²) in [5.41, 5.74) is 2.60. The van der Waals surface area contributed by atoms with Gasteiger partial charge in [-0.2, -0.15) is 0 Å². The molecule has 1 atom stereocenters. The summed E-state index contributed by atoms with van der Waals surface area (Å²) >= 11 is 1.34. The highest BCUT2D eigenvalue weighted by atomic mass is 32.2. The second-order valence-electron chi connectivity index (χ2n) is 6.08. The van der Waals surface area contributed by atoms with Gasteiger partial charge in [-0.25, -0.2) is 14.4 Å².